The van der Waals surface area contributed by atoms with E-state index in [9.17, 15) is 14.4 Å². The van der Waals surface area contributed by atoms with Crippen LogP contribution in [0, 0.1) is 0 Å². The zero-order valence-electron chi connectivity index (χ0n) is 8.57. The number of rotatable bonds is 5. The van der Waals surface area contributed by atoms with Gasteiger partial charge in [-0.05, 0) is 13.8 Å². The second kappa shape index (κ2) is 7.10. The van der Waals surface area contributed by atoms with Gasteiger partial charge in [-0.25, -0.2) is 4.79 Å². The zero-order chi connectivity index (χ0) is 11.8. The van der Waals surface area contributed by atoms with Gasteiger partial charge in [0.25, 0.3) is 0 Å². The van der Waals surface area contributed by atoms with Crippen molar-refractivity contribution in [3.8, 4) is 0 Å². The fraction of sp³-hybridized carbons (Fsp3) is 0.625. The molecule has 0 aromatic rings. The van der Waals surface area contributed by atoms with E-state index >= 15 is 0 Å². The molecule has 0 rings (SSSR count). The standard InChI is InChI=1S/C8H14N2O4S/c1-3-9-8(14)10-7(13)5(2)15-4-6(11)12/h5H,3-4H2,1-2H3,(H,11,12)(H2,9,10,13,14). The fourth-order valence-electron chi connectivity index (χ4n) is 0.690. The number of thioether (sulfide) groups is 1. The van der Waals surface area contributed by atoms with Crippen LogP contribution in [0.4, 0.5) is 4.79 Å². The van der Waals surface area contributed by atoms with Crippen LogP contribution in [-0.4, -0.2) is 40.6 Å². The molecule has 6 nitrogen and oxygen atoms in total. The predicted molar refractivity (Wildman–Crippen MR) is 56.8 cm³/mol. The molecule has 1 unspecified atom stereocenters. The molecule has 0 aliphatic heterocycles. The van der Waals surface area contributed by atoms with Gasteiger partial charge in [-0.15, -0.1) is 11.8 Å². The molecular formula is C8H14N2O4S. The second-order valence-corrected chi connectivity index (χ2v) is 4.02. The Morgan fingerprint density at radius 2 is 2.00 bits per heavy atom. The molecule has 0 spiro atoms. The van der Waals surface area contributed by atoms with Crippen molar-refractivity contribution in [2.24, 2.45) is 0 Å². The van der Waals surface area contributed by atoms with Crippen molar-refractivity contribution in [1.29, 1.82) is 0 Å². The number of hydrogen-bond donors (Lipinski definition) is 3. The first-order valence-corrected chi connectivity index (χ1v) is 5.44. The molecule has 0 aromatic heterocycles. The van der Waals surface area contributed by atoms with Gasteiger partial charge in [0.05, 0.1) is 11.0 Å². The van der Waals surface area contributed by atoms with Crippen molar-refractivity contribution in [3.05, 3.63) is 0 Å². The Morgan fingerprint density at radius 3 is 2.47 bits per heavy atom. The summed E-state index contributed by atoms with van der Waals surface area (Å²) in [5.41, 5.74) is 0. The van der Waals surface area contributed by atoms with Crippen molar-refractivity contribution in [1.82, 2.24) is 10.6 Å². The number of carboxylic acids is 1. The normalized spacial score (nSPS) is 11.6. The monoisotopic (exact) mass is 234 g/mol. The predicted octanol–water partition coefficient (Wildman–Crippen LogP) is 0.0384. The third-order valence-electron chi connectivity index (χ3n) is 1.40. The molecule has 0 saturated heterocycles. The van der Waals surface area contributed by atoms with Gasteiger partial charge >= 0.3 is 12.0 Å². The number of carboxylic acid groups (broad SMARTS) is 1. The molecular weight excluding hydrogens is 220 g/mol. The molecule has 86 valence electrons. The molecule has 3 N–H and O–H groups in total. The average Bonchev–Trinajstić information content (AvgIpc) is 2.14. The molecule has 15 heavy (non-hydrogen) atoms. The summed E-state index contributed by atoms with van der Waals surface area (Å²) in [5, 5.41) is 12.3. The highest BCUT2D eigenvalue weighted by Crippen LogP contribution is 2.09. The van der Waals surface area contributed by atoms with E-state index in [0.717, 1.165) is 11.8 Å². The minimum absolute atomic E-state index is 0.163. The quantitative estimate of drug-likeness (QED) is 0.624. The van der Waals surface area contributed by atoms with Crippen LogP contribution in [0.2, 0.25) is 0 Å². The molecule has 3 amide bonds. The minimum Gasteiger partial charge on any atom is -0.481 e. The molecule has 0 radical (unpaired) electrons. The number of carbonyl (C=O) groups excluding carboxylic acids is 2. The lowest BCUT2D eigenvalue weighted by molar-refractivity contribution is -0.133. The van der Waals surface area contributed by atoms with Gasteiger partial charge in [0.15, 0.2) is 0 Å². The van der Waals surface area contributed by atoms with Crippen molar-refractivity contribution < 1.29 is 19.5 Å². The van der Waals surface area contributed by atoms with Crippen LogP contribution in [-0.2, 0) is 9.59 Å². The maximum atomic E-state index is 11.3. The minimum atomic E-state index is -0.988. The van der Waals surface area contributed by atoms with Gasteiger partial charge in [0.1, 0.15) is 0 Å². The van der Waals surface area contributed by atoms with E-state index in [1.165, 1.54) is 0 Å². The molecule has 0 aromatic carbocycles. The maximum Gasteiger partial charge on any atom is 0.321 e. The number of aliphatic carboxylic acids is 1. The number of imide groups is 1. The molecule has 0 bridgehead atoms. The van der Waals surface area contributed by atoms with E-state index in [2.05, 4.69) is 10.6 Å². The van der Waals surface area contributed by atoms with Crippen LogP contribution in [0.5, 0.6) is 0 Å². The van der Waals surface area contributed by atoms with Gasteiger partial charge in [-0.3, -0.25) is 14.9 Å². The van der Waals surface area contributed by atoms with Crippen LogP contribution in [0.15, 0.2) is 0 Å². The van der Waals surface area contributed by atoms with Crippen LogP contribution in [0.3, 0.4) is 0 Å². The number of urea groups is 1. The Labute approximate surface area is 91.8 Å². The molecule has 7 heteroatoms. The number of carbonyl (C=O) groups is 3. The average molecular weight is 234 g/mol. The van der Waals surface area contributed by atoms with Crippen molar-refractivity contribution in [2.45, 2.75) is 19.1 Å². The van der Waals surface area contributed by atoms with Crippen molar-refractivity contribution in [3.63, 3.8) is 0 Å². The molecule has 0 saturated carbocycles. The summed E-state index contributed by atoms with van der Waals surface area (Å²) in [6.07, 6.45) is 0. The zero-order valence-corrected chi connectivity index (χ0v) is 9.39. The van der Waals surface area contributed by atoms with Crippen LogP contribution < -0.4 is 10.6 Å². The van der Waals surface area contributed by atoms with Crippen LogP contribution in [0.25, 0.3) is 0 Å². The van der Waals surface area contributed by atoms with Crippen molar-refractivity contribution >= 4 is 29.7 Å². The highest BCUT2D eigenvalue weighted by molar-refractivity contribution is 8.01. The van der Waals surface area contributed by atoms with E-state index < -0.39 is 23.2 Å². The highest BCUT2D eigenvalue weighted by Gasteiger charge is 2.16. The van der Waals surface area contributed by atoms with E-state index in [1.807, 2.05) is 0 Å². The lowest BCUT2D eigenvalue weighted by Crippen LogP contribution is -2.42. The van der Waals surface area contributed by atoms with Gasteiger partial charge < -0.3 is 10.4 Å². The molecule has 1 atom stereocenters. The van der Waals surface area contributed by atoms with E-state index in [1.54, 1.807) is 13.8 Å². The second-order valence-electron chi connectivity index (χ2n) is 2.70. The molecule has 0 heterocycles. The van der Waals surface area contributed by atoms with Crippen LogP contribution in [0.1, 0.15) is 13.8 Å². The van der Waals surface area contributed by atoms with E-state index in [-0.39, 0.29) is 5.75 Å². The Hall–Kier alpha value is -1.24. The summed E-state index contributed by atoms with van der Waals surface area (Å²) < 4.78 is 0. The number of amides is 3. The number of hydrogen-bond acceptors (Lipinski definition) is 4. The summed E-state index contributed by atoms with van der Waals surface area (Å²) in [7, 11) is 0. The Kier molecular flexibility index (Phi) is 6.52. The summed E-state index contributed by atoms with van der Waals surface area (Å²) in [5.74, 6) is -1.64. The fourth-order valence-corrected chi connectivity index (χ4v) is 1.29. The Morgan fingerprint density at radius 1 is 1.40 bits per heavy atom. The highest BCUT2D eigenvalue weighted by atomic mass is 32.2. The lowest BCUT2D eigenvalue weighted by atomic mass is 10.4. The third-order valence-corrected chi connectivity index (χ3v) is 2.53. The smallest absolute Gasteiger partial charge is 0.321 e. The summed E-state index contributed by atoms with van der Waals surface area (Å²) in [6, 6.07) is -0.565. The number of nitrogens with one attached hydrogen (secondary N) is 2. The maximum absolute atomic E-state index is 11.3. The Balaban J connectivity index is 3.88. The topological polar surface area (TPSA) is 95.5 Å². The summed E-state index contributed by atoms with van der Waals surface area (Å²) in [6.45, 7) is 3.70. The lowest BCUT2D eigenvalue weighted by Gasteiger charge is -2.09. The molecule has 0 aliphatic carbocycles. The van der Waals surface area contributed by atoms with Gasteiger partial charge in [0, 0.05) is 6.54 Å². The third kappa shape index (κ3) is 6.78. The Bertz CT molecular complexity index is 257. The van der Waals surface area contributed by atoms with Crippen molar-refractivity contribution in [2.75, 3.05) is 12.3 Å². The first-order chi connectivity index (χ1) is 6.97. The largest absolute Gasteiger partial charge is 0.481 e. The summed E-state index contributed by atoms with van der Waals surface area (Å²) in [4.78, 5) is 32.4. The van der Waals surface area contributed by atoms with Gasteiger partial charge in [-0.1, -0.05) is 0 Å². The van der Waals surface area contributed by atoms with Gasteiger partial charge in [0.2, 0.25) is 5.91 Å². The van der Waals surface area contributed by atoms with Crippen LogP contribution >= 0.6 is 11.8 Å². The molecule has 0 fully saturated rings. The SMILES string of the molecule is CCNC(=O)NC(=O)C(C)SCC(=O)O. The summed E-state index contributed by atoms with van der Waals surface area (Å²) >= 11 is 0.961. The van der Waals surface area contributed by atoms with Gasteiger partial charge in [-0.2, -0.15) is 0 Å². The first kappa shape index (κ1) is 13.8. The first-order valence-electron chi connectivity index (χ1n) is 4.39. The van der Waals surface area contributed by atoms with E-state index in [4.69, 9.17) is 5.11 Å². The molecule has 0 aliphatic rings. The van der Waals surface area contributed by atoms with E-state index in [0.29, 0.717) is 6.54 Å².